The predicted molar refractivity (Wildman–Crippen MR) is 130 cm³/mol. The third-order valence-corrected chi connectivity index (χ3v) is 6.71. The summed E-state index contributed by atoms with van der Waals surface area (Å²) in [6, 6.07) is 22.8. The van der Waals surface area contributed by atoms with Crippen LogP contribution in [0.4, 0.5) is 11.4 Å². The standard InChI is InChI=1S/C25H25N3O5S/c1-2-34(31,32)27-20-14-12-19(13-15-20)25(30)28-17-23(33-22-11-7-6-10-21(22)28)24(29)26-16-18-8-4-3-5-9-18/h3-15,23,27H,2,16-17H2,1H3,(H,26,29)/t23-/m1/s1. The summed E-state index contributed by atoms with van der Waals surface area (Å²) in [4.78, 5) is 27.7. The lowest BCUT2D eigenvalue weighted by Crippen LogP contribution is -2.50. The van der Waals surface area contributed by atoms with Crippen LogP contribution in [-0.4, -0.2) is 38.6 Å². The largest absolute Gasteiger partial charge is 0.477 e. The first-order valence-electron chi connectivity index (χ1n) is 10.9. The fraction of sp³-hybridized carbons (Fsp3) is 0.200. The lowest BCUT2D eigenvalue weighted by Gasteiger charge is -2.34. The van der Waals surface area contributed by atoms with Crippen molar-refractivity contribution in [2.24, 2.45) is 0 Å². The minimum absolute atomic E-state index is 0.0423. The van der Waals surface area contributed by atoms with Gasteiger partial charge >= 0.3 is 0 Å². The molecule has 1 heterocycles. The Kier molecular flexibility index (Phi) is 6.83. The number of amides is 2. The van der Waals surface area contributed by atoms with Gasteiger partial charge in [-0.3, -0.25) is 14.3 Å². The molecular formula is C25H25N3O5S. The number of hydrogen-bond donors (Lipinski definition) is 2. The number of nitrogens with one attached hydrogen (secondary N) is 2. The molecule has 0 unspecified atom stereocenters. The molecule has 0 bridgehead atoms. The van der Waals surface area contributed by atoms with E-state index < -0.39 is 16.1 Å². The average Bonchev–Trinajstić information content (AvgIpc) is 2.87. The van der Waals surface area contributed by atoms with Crippen LogP contribution in [0.25, 0.3) is 0 Å². The van der Waals surface area contributed by atoms with Crippen LogP contribution in [0, 0.1) is 0 Å². The molecule has 176 valence electrons. The molecule has 2 N–H and O–H groups in total. The van der Waals surface area contributed by atoms with Crippen LogP contribution >= 0.6 is 0 Å². The summed E-state index contributed by atoms with van der Waals surface area (Å²) >= 11 is 0. The maximum atomic E-state index is 13.4. The highest BCUT2D eigenvalue weighted by Gasteiger charge is 2.34. The van der Waals surface area contributed by atoms with Crippen molar-refractivity contribution in [2.75, 3.05) is 21.9 Å². The number of anilines is 2. The van der Waals surface area contributed by atoms with E-state index >= 15 is 0 Å². The second kappa shape index (κ2) is 9.96. The van der Waals surface area contributed by atoms with Crippen LogP contribution in [0.1, 0.15) is 22.8 Å². The van der Waals surface area contributed by atoms with Crippen LogP contribution in [0.5, 0.6) is 5.75 Å². The first kappa shape index (κ1) is 23.3. The van der Waals surface area contributed by atoms with Crippen LogP contribution in [0.15, 0.2) is 78.9 Å². The van der Waals surface area contributed by atoms with Crippen LogP contribution in [0.2, 0.25) is 0 Å². The number of hydrogen-bond acceptors (Lipinski definition) is 5. The first-order chi connectivity index (χ1) is 16.4. The van der Waals surface area contributed by atoms with Crippen LogP contribution < -0.4 is 19.7 Å². The topological polar surface area (TPSA) is 105 Å². The Bertz CT molecular complexity index is 1280. The SMILES string of the molecule is CCS(=O)(=O)Nc1ccc(C(=O)N2C[C@H](C(=O)NCc3ccccc3)Oc3ccccc32)cc1. The quantitative estimate of drug-likeness (QED) is 0.542. The van der Waals surface area contributed by atoms with E-state index in [4.69, 9.17) is 4.74 Å². The van der Waals surface area contributed by atoms with Gasteiger partial charge in [0, 0.05) is 17.8 Å². The minimum Gasteiger partial charge on any atom is -0.477 e. The molecule has 0 aliphatic carbocycles. The highest BCUT2D eigenvalue weighted by Crippen LogP contribution is 2.34. The lowest BCUT2D eigenvalue weighted by molar-refractivity contribution is -0.127. The lowest BCUT2D eigenvalue weighted by atomic mass is 10.1. The highest BCUT2D eigenvalue weighted by molar-refractivity contribution is 7.92. The number of rotatable bonds is 7. The second-order valence-electron chi connectivity index (χ2n) is 7.78. The summed E-state index contributed by atoms with van der Waals surface area (Å²) in [7, 11) is -3.41. The zero-order valence-corrected chi connectivity index (χ0v) is 19.4. The Labute approximate surface area is 198 Å². The summed E-state index contributed by atoms with van der Waals surface area (Å²) < 4.78 is 31.9. The number of carbonyl (C=O) groups excluding carboxylic acids is 2. The van der Waals surface area contributed by atoms with Crippen LogP contribution in [-0.2, 0) is 21.4 Å². The van der Waals surface area contributed by atoms with Crippen molar-refractivity contribution in [2.45, 2.75) is 19.6 Å². The molecule has 0 radical (unpaired) electrons. The number of para-hydroxylation sites is 2. The smallest absolute Gasteiger partial charge is 0.263 e. The van der Waals surface area contributed by atoms with Gasteiger partial charge in [-0.15, -0.1) is 0 Å². The Hall–Kier alpha value is -3.85. The number of ether oxygens (including phenoxy) is 1. The summed E-state index contributed by atoms with van der Waals surface area (Å²) in [6.45, 7) is 1.94. The van der Waals surface area contributed by atoms with E-state index in [1.54, 1.807) is 43.3 Å². The van der Waals surface area contributed by atoms with Crippen molar-refractivity contribution in [3.05, 3.63) is 90.0 Å². The molecule has 0 saturated carbocycles. The van der Waals surface area contributed by atoms with Gasteiger partial charge in [0.2, 0.25) is 10.0 Å². The van der Waals surface area contributed by atoms with Gasteiger partial charge in [-0.25, -0.2) is 8.42 Å². The van der Waals surface area contributed by atoms with Crippen molar-refractivity contribution in [3.8, 4) is 5.75 Å². The Morgan fingerprint density at radius 1 is 0.971 bits per heavy atom. The third kappa shape index (κ3) is 5.37. The molecule has 1 aliphatic rings. The first-order valence-corrected chi connectivity index (χ1v) is 12.5. The molecule has 0 spiro atoms. The molecule has 3 aromatic carbocycles. The van der Waals surface area contributed by atoms with E-state index in [0.717, 1.165) is 5.56 Å². The van der Waals surface area contributed by atoms with E-state index in [1.165, 1.54) is 17.0 Å². The minimum atomic E-state index is -3.41. The predicted octanol–water partition coefficient (Wildman–Crippen LogP) is 3.17. The van der Waals surface area contributed by atoms with Crippen molar-refractivity contribution in [1.29, 1.82) is 0 Å². The highest BCUT2D eigenvalue weighted by atomic mass is 32.2. The number of sulfonamides is 1. The normalized spacial score (nSPS) is 15.1. The summed E-state index contributed by atoms with van der Waals surface area (Å²) in [5.41, 5.74) is 2.26. The number of nitrogens with zero attached hydrogens (tertiary/aromatic N) is 1. The molecule has 0 fully saturated rings. The van der Waals surface area contributed by atoms with E-state index in [2.05, 4.69) is 10.0 Å². The van der Waals surface area contributed by atoms with E-state index in [1.807, 2.05) is 30.3 Å². The number of benzene rings is 3. The average molecular weight is 480 g/mol. The monoisotopic (exact) mass is 479 g/mol. The van der Waals surface area contributed by atoms with Gasteiger partial charge in [-0.2, -0.15) is 0 Å². The Morgan fingerprint density at radius 3 is 2.35 bits per heavy atom. The van der Waals surface area contributed by atoms with Gasteiger partial charge in [-0.1, -0.05) is 42.5 Å². The molecule has 9 heteroatoms. The van der Waals surface area contributed by atoms with Gasteiger partial charge in [0.1, 0.15) is 5.75 Å². The van der Waals surface area contributed by atoms with Gasteiger partial charge in [0.05, 0.1) is 18.0 Å². The molecule has 3 aromatic rings. The van der Waals surface area contributed by atoms with E-state index in [0.29, 0.717) is 29.2 Å². The maximum Gasteiger partial charge on any atom is 0.263 e. The van der Waals surface area contributed by atoms with Gasteiger partial charge in [0.15, 0.2) is 6.10 Å². The molecule has 0 aromatic heterocycles. The second-order valence-corrected chi connectivity index (χ2v) is 9.79. The van der Waals surface area contributed by atoms with Crippen LogP contribution in [0.3, 0.4) is 0 Å². The summed E-state index contributed by atoms with van der Waals surface area (Å²) in [5, 5.41) is 2.87. The molecule has 2 amide bonds. The molecular weight excluding hydrogens is 454 g/mol. The maximum absolute atomic E-state index is 13.4. The van der Waals surface area contributed by atoms with Crippen molar-refractivity contribution >= 4 is 33.2 Å². The Morgan fingerprint density at radius 2 is 1.65 bits per heavy atom. The summed E-state index contributed by atoms with van der Waals surface area (Å²) in [5.74, 6) is -0.248. The fourth-order valence-electron chi connectivity index (χ4n) is 3.55. The van der Waals surface area contributed by atoms with Crippen molar-refractivity contribution in [3.63, 3.8) is 0 Å². The fourth-order valence-corrected chi connectivity index (χ4v) is 4.19. The van der Waals surface area contributed by atoms with Gasteiger partial charge in [0.25, 0.3) is 11.8 Å². The van der Waals surface area contributed by atoms with E-state index in [-0.39, 0.29) is 24.1 Å². The molecule has 4 rings (SSSR count). The van der Waals surface area contributed by atoms with Gasteiger partial charge < -0.3 is 15.0 Å². The Balaban J connectivity index is 1.52. The van der Waals surface area contributed by atoms with Gasteiger partial charge in [-0.05, 0) is 48.9 Å². The van der Waals surface area contributed by atoms with E-state index in [9.17, 15) is 18.0 Å². The molecule has 1 aliphatic heterocycles. The van der Waals surface area contributed by atoms with Crippen molar-refractivity contribution in [1.82, 2.24) is 5.32 Å². The zero-order chi connectivity index (χ0) is 24.1. The molecule has 8 nitrogen and oxygen atoms in total. The zero-order valence-electron chi connectivity index (χ0n) is 18.6. The molecule has 1 atom stereocenters. The third-order valence-electron chi connectivity index (χ3n) is 5.41. The summed E-state index contributed by atoms with van der Waals surface area (Å²) in [6.07, 6.45) is -0.877. The molecule has 34 heavy (non-hydrogen) atoms. The molecule has 0 saturated heterocycles. The number of carbonyl (C=O) groups is 2. The number of fused-ring (bicyclic) bond motifs is 1. The van der Waals surface area contributed by atoms with Crippen molar-refractivity contribution < 1.29 is 22.7 Å².